The smallest absolute Gasteiger partial charge is 0.226 e. The van der Waals surface area contributed by atoms with Gasteiger partial charge in [-0.15, -0.1) is 0 Å². The van der Waals surface area contributed by atoms with Gasteiger partial charge in [0.25, 0.3) is 0 Å². The molecule has 0 aliphatic carbocycles. The van der Waals surface area contributed by atoms with Gasteiger partial charge in [0.05, 0.1) is 31.5 Å². The predicted octanol–water partition coefficient (Wildman–Crippen LogP) is 4.39. The Labute approximate surface area is 195 Å². The van der Waals surface area contributed by atoms with E-state index in [0.29, 0.717) is 0 Å². The first-order chi connectivity index (χ1) is 15.9. The monoisotopic (exact) mass is 448 g/mol. The highest BCUT2D eigenvalue weighted by molar-refractivity contribution is 5.83. The molecule has 3 aromatic rings. The molecular weight excluding hydrogens is 416 g/mol. The fourth-order valence-electron chi connectivity index (χ4n) is 4.43. The van der Waals surface area contributed by atoms with Crippen molar-refractivity contribution in [3.05, 3.63) is 53.7 Å². The molecule has 1 aliphatic heterocycles. The van der Waals surface area contributed by atoms with E-state index in [4.69, 9.17) is 19.4 Å². The minimum absolute atomic E-state index is 0.00267. The number of ether oxygens (including phenoxy) is 2. The lowest BCUT2D eigenvalue weighted by Crippen LogP contribution is -2.42. The van der Waals surface area contributed by atoms with Crippen LogP contribution in [0.2, 0.25) is 0 Å². The summed E-state index contributed by atoms with van der Waals surface area (Å²) in [6.45, 7) is 5.59. The highest BCUT2D eigenvalue weighted by Crippen LogP contribution is 2.29. The Kier molecular flexibility index (Phi) is 6.67. The standard InChI is InChI=1S/C26H32N4O3/c1-17-23-11-10-22(33-5)16-24(23)28-26(27-17)30-14-12-20(13-15-30)25(31)29(3)18(2)19-6-8-21(32-4)9-7-19/h6-11,16,18,20H,12-15H2,1-5H3/t18-/m0/s1. The van der Waals surface area contributed by atoms with Crippen LogP contribution in [0.4, 0.5) is 5.95 Å². The topological polar surface area (TPSA) is 67.8 Å². The number of carbonyl (C=O) groups excluding carboxylic acids is 1. The molecule has 0 spiro atoms. The lowest BCUT2D eigenvalue weighted by molar-refractivity contribution is -0.136. The number of fused-ring (bicyclic) bond motifs is 1. The number of benzene rings is 2. The number of aryl methyl sites for hydroxylation is 1. The highest BCUT2D eigenvalue weighted by Gasteiger charge is 2.30. The van der Waals surface area contributed by atoms with Gasteiger partial charge in [-0.1, -0.05) is 12.1 Å². The van der Waals surface area contributed by atoms with Crippen molar-refractivity contribution in [2.24, 2.45) is 5.92 Å². The van der Waals surface area contributed by atoms with Crippen molar-refractivity contribution in [2.45, 2.75) is 32.7 Å². The molecule has 1 atom stereocenters. The maximum atomic E-state index is 13.2. The van der Waals surface area contributed by atoms with Crippen molar-refractivity contribution < 1.29 is 14.3 Å². The van der Waals surface area contributed by atoms with Crippen molar-refractivity contribution in [3.8, 4) is 11.5 Å². The van der Waals surface area contributed by atoms with Crippen LogP contribution in [0.15, 0.2) is 42.5 Å². The molecule has 1 aromatic heterocycles. The van der Waals surface area contributed by atoms with Crippen LogP contribution in [0, 0.1) is 12.8 Å². The number of piperidine rings is 1. The second-order valence-corrected chi connectivity index (χ2v) is 8.65. The van der Waals surface area contributed by atoms with Gasteiger partial charge in [0.2, 0.25) is 11.9 Å². The van der Waals surface area contributed by atoms with Crippen molar-refractivity contribution in [3.63, 3.8) is 0 Å². The summed E-state index contributed by atoms with van der Waals surface area (Å²) in [6, 6.07) is 13.8. The van der Waals surface area contributed by atoms with E-state index in [1.807, 2.05) is 61.3 Å². The molecule has 33 heavy (non-hydrogen) atoms. The first kappa shape index (κ1) is 22.8. The van der Waals surface area contributed by atoms with Crippen molar-refractivity contribution in [2.75, 3.05) is 39.3 Å². The van der Waals surface area contributed by atoms with E-state index in [-0.39, 0.29) is 17.9 Å². The maximum Gasteiger partial charge on any atom is 0.226 e. The number of anilines is 1. The Hall–Kier alpha value is -3.35. The Morgan fingerprint density at radius 3 is 2.30 bits per heavy atom. The molecular formula is C26H32N4O3. The summed E-state index contributed by atoms with van der Waals surface area (Å²) < 4.78 is 10.6. The summed E-state index contributed by atoms with van der Waals surface area (Å²) in [7, 11) is 5.21. The largest absolute Gasteiger partial charge is 0.497 e. The van der Waals surface area contributed by atoms with Crippen LogP contribution in [0.1, 0.15) is 37.1 Å². The minimum atomic E-state index is 0.00267. The Morgan fingerprint density at radius 1 is 1.03 bits per heavy atom. The molecule has 0 radical (unpaired) electrons. The normalized spacial score (nSPS) is 15.4. The molecule has 0 N–H and O–H groups in total. The summed E-state index contributed by atoms with van der Waals surface area (Å²) in [5, 5.41) is 1.03. The lowest BCUT2D eigenvalue weighted by atomic mass is 9.94. The minimum Gasteiger partial charge on any atom is -0.497 e. The average Bonchev–Trinajstić information content (AvgIpc) is 2.87. The van der Waals surface area contributed by atoms with Crippen LogP contribution >= 0.6 is 0 Å². The first-order valence-electron chi connectivity index (χ1n) is 11.4. The van der Waals surface area contributed by atoms with Crippen LogP contribution < -0.4 is 14.4 Å². The predicted molar refractivity (Wildman–Crippen MR) is 130 cm³/mol. The molecule has 174 valence electrons. The van der Waals surface area contributed by atoms with Crippen molar-refractivity contribution in [1.82, 2.24) is 14.9 Å². The molecule has 1 aliphatic rings. The molecule has 0 bridgehead atoms. The van der Waals surface area contributed by atoms with E-state index in [0.717, 1.165) is 65.5 Å². The van der Waals surface area contributed by atoms with E-state index < -0.39 is 0 Å². The van der Waals surface area contributed by atoms with Gasteiger partial charge in [-0.3, -0.25) is 4.79 Å². The Bertz CT molecular complexity index is 1120. The number of nitrogens with zero attached hydrogens (tertiary/aromatic N) is 4. The highest BCUT2D eigenvalue weighted by atomic mass is 16.5. The number of methoxy groups -OCH3 is 2. The summed E-state index contributed by atoms with van der Waals surface area (Å²) >= 11 is 0. The van der Waals surface area contributed by atoms with E-state index in [2.05, 4.69) is 11.8 Å². The van der Waals surface area contributed by atoms with Crippen LogP contribution in [0.3, 0.4) is 0 Å². The van der Waals surface area contributed by atoms with Gasteiger partial charge in [-0.05, 0) is 56.5 Å². The number of aromatic nitrogens is 2. The number of rotatable bonds is 6. The number of carbonyl (C=O) groups is 1. The van der Waals surface area contributed by atoms with Crippen LogP contribution in [-0.2, 0) is 4.79 Å². The third kappa shape index (κ3) is 4.72. The van der Waals surface area contributed by atoms with E-state index >= 15 is 0 Å². The van der Waals surface area contributed by atoms with Crippen molar-refractivity contribution >= 4 is 22.8 Å². The number of hydrogen-bond donors (Lipinski definition) is 0. The second-order valence-electron chi connectivity index (χ2n) is 8.65. The molecule has 2 aromatic carbocycles. The number of amides is 1. The number of hydrogen-bond acceptors (Lipinski definition) is 6. The molecule has 7 nitrogen and oxygen atoms in total. The molecule has 1 amide bonds. The van der Waals surface area contributed by atoms with E-state index in [1.165, 1.54) is 0 Å². The van der Waals surface area contributed by atoms with Crippen LogP contribution in [0.5, 0.6) is 11.5 Å². The summed E-state index contributed by atoms with van der Waals surface area (Å²) in [4.78, 5) is 26.8. The maximum absolute atomic E-state index is 13.2. The first-order valence-corrected chi connectivity index (χ1v) is 11.4. The molecule has 4 rings (SSSR count). The van der Waals surface area contributed by atoms with Gasteiger partial charge in [0, 0.05) is 37.5 Å². The molecule has 2 heterocycles. The van der Waals surface area contributed by atoms with E-state index in [1.54, 1.807) is 14.2 Å². The Balaban J connectivity index is 1.42. The van der Waals surface area contributed by atoms with Crippen LogP contribution in [-0.4, -0.2) is 55.1 Å². The average molecular weight is 449 g/mol. The van der Waals surface area contributed by atoms with Gasteiger partial charge >= 0.3 is 0 Å². The lowest BCUT2D eigenvalue weighted by Gasteiger charge is -2.35. The van der Waals surface area contributed by atoms with Gasteiger partial charge in [0.15, 0.2) is 0 Å². The van der Waals surface area contributed by atoms with E-state index in [9.17, 15) is 4.79 Å². The third-order valence-electron chi connectivity index (χ3n) is 6.74. The van der Waals surface area contributed by atoms with Gasteiger partial charge in [-0.2, -0.15) is 0 Å². The second kappa shape index (κ2) is 9.65. The molecule has 7 heteroatoms. The molecule has 0 unspecified atom stereocenters. The fraction of sp³-hybridized carbons (Fsp3) is 0.423. The zero-order chi connectivity index (χ0) is 23.5. The van der Waals surface area contributed by atoms with Gasteiger partial charge in [-0.25, -0.2) is 9.97 Å². The molecule has 1 fully saturated rings. The SMILES string of the molecule is COc1ccc([C@H](C)N(C)C(=O)C2CCN(c3nc(C)c4ccc(OC)cc4n3)CC2)cc1. The van der Waals surface area contributed by atoms with Crippen LogP contribution in [0.25, 0.3) is 10.9 Å². The molecule has 1 saturated heterocycles. The zero-order valence-corrected chi connectivity index (χ0v) is 20.0. The quantitative estimate of drug-likeness (QED) is 0.557. The summed E-state index contributed by atoms with van der Waals surface area (Å²) in [5.41, 5.74) is 2.92. The fourth-order valence-corrected chi connectivity index (χ4v) is 4.43. The Morgan fingerprint density at radius 2 is 1.67 bits per heavy atom. The zero-order valence-electron chi connectivity index (χ0n) is 20.0. The van der Waals surface area contributed by atoms with Gasteiger partial charge in [0.1, 0.15) is 11.5 Å². The molecule has 0 saturated carbocycles. The summed E-state index contributed by atoms with van der Waals surface area (Å²) in [6.07, 6.45) is 1.58. The van der Waals surface area contributed by atoms with Gasteiger partial charge < -0.3 is 19.3 Å². The summed E-state index contributed by atoms with van der Waals surface area (Å²) in [5.74, 6) is 2.52. The third-order valence-corrected chi connectivity index (χ3v) is 6.74. The van der Waals surface area contributed by atoms with Crippen molar-refractivity contribution in [1.29, 1.82) is 0 Å².